The SMILES string of the molecule is CN1CC(NC(=O)C2CCC(N)C2)CCC1=O.Cl. The van der Waals surface area contributed by atoms with Crippen molar-refractivity contribution in [2.75, 3.05) is 13.6 Å². The smallest absolute Gasteiger partial charge is 0.223 e. The maximum Gasteiger partial charge on any atom is 0.223 e. The van der Waals surface area contributed by atoms with E-state index >= 15 is 0 Å². The lowest BCUT2D eigenvalue weighted by Crippen LogP contribution is -2.49. The van der Waals surface area contributed by atoms with Crippen LogP contribution in [0, 0.1) is 5.92 Å². The van der Waals surface area contributed by atoms with Crippen molar-refractivity contribution < 1.29 is 9.59 Å². The van der Waals surface area contributed by atoms with Crippen LogP contribution in [0.25, 0.3) is 0 Å². The van der Waals surface area contributed by atoms with Crippen LogP contribution in [-0.4, -0.2) is 42.4 Å². The Hall–Kier alpha value is -0.810. The summed E-state index contributed by atoms with van der Waals surface area (Å²) in [5.41, 5.74) is 5.80. The second kappa shape index (κ2) is 6.38. The summed E-state index contributed by atoms with van der Waals surface area (Å²) in [6, 6.07) is 0.295. The highest BCUT2D eigenvalue weighted by molar-refractivity contribution is 5.85. The van der Waals surface area contributed by atoms with Gasteiger partial charge in [0.1, 0.15) is 0 Å². The van der Waals surface area contributed by atoms with Crippen molar-refractivity contribution >= 4 is 24.2 Å². The summed E-state index contributed by atoms with van der Waals surface area (Å²) in [7, 11) is 1.78. The lowest BCUT2D eigenvalue weighted by molar-refractivity contribution is -0.134. The van der Waals surface area contributed by atoms with E-state index in [0.717, 1.165) is 25.7 Å². The van der Waals surface area contributed by atoms with Gasteiger partial charge in [-0.25, -0.2) is 0 Å². The molecule has 0 aromatic rings. The third kappa shape index (κ3) is 3.59. The first-order valence-electron chi connectivity index (χ1n) is 6.36. The third-order valence-corrected chi connectivity index (χ3v) is 3.82. The average molecular weight is 276 g/mol. The van der Waals surface area contributed by atoms with Crippen LogP contribution in [0.3, 0.4) is 0 Å². The molecule has 2 amide bonds. The van der Waals surface area contributed by atoms with Gasteiger partial charge in [0.15, 0.2) is 0 Å². The zero-order valence-corrected chi connectivity index (χ0v) is 11.5. The molecular weight excluding hydrogens is 254 g/mol. The highest BCUT2D eigenvalue weighted by Crippen LogP contribution is 2.24. The number of piperidine rings is 1. The fourth-order valence-electron chi connectivity index (χ4n) is 2.70. The van der Waals surface area contributed by atoms with Crippen LogP contribution in [0.1, 0.15) is 32.1 Å². The normalized spacial score (nSPS) is 32.0. The maximum atomic E-state index is 12.0. The first-order valence-corrected chi connectivity index (χ1v) is 6.36. The van der Waals surface area contributed by atoms with Crippen molar-refractivity contribution in [3.05, 3.63) is 0 Å². The fraction of sp³-hybridized carbons (Fsp3) is 0.833. The monoisotopic (exact) mass is 275 g/mol. The Morgan fingerprint density at radius 2 is 2.11 bits per heavy atom. The Morgan fingerprint density at radius 1 is 1.39 bits per heavy atom. The van der Waals surface area contributed by atoms with Gasteiger partial charge >= 0.3 is 0 Å². The summed E-state index contributed by atoms with van der Waals surface area (Å²) in [6.45, 7) is 0.628. The molecule has 0 aromatic heterocycles. The van der Waals surface area contributed by atoms with Crippen molar-refractivity contribution in [2.45, 2.75) is 44.2 Å². The Kier molecular flexibility index (Phi) is 5.41. The van der Waals surface area contributed by atoms with E-state index in [1.54, 1.807) is 11.9 Å². The average Bonchev–Trinajstić information content (AvgIpc) is 2.70. The van der Waals surface area contributed by atoms with E-state index < -0.39 is 0 Å². The minimum absolute atomic E-state index is 0. The molecule has 0 aromatic carbocycles. The summed E-state index contributed by atoms with van der Waals surface area (Å²) in [5, 5.41) is 3.04. The van der Waals surface area contributed by atoms with E-state index in [0.29, 0.717) is 13.0 Å². The number of halogens is 1. The van der Waals surface area contributed by atoms with Crippen LogP contribution >= 0.6 is 12.4 Å². The van der Waals surface area contributed by atoms with Crippen molar-refractivity contribution in [2.24, 2.45) is 11.7 Å². The van der Waals surface area contributed by atoms with Crippen molar-refractivity contribution in [3.63, 3.8) is 0 Å². The van der Waals surface area contributed by atoms with Crippen LogP contribution in [0.5, 0.6) is 0 Å². The van der Waals surface area contributed by atoms with E-state index in [-0.39, 0.29) is 42.2 Å². The zero-order chi connectivity index (χ0) is 12.4. The zero-order valence-electron chi connectivity index (χ0n) is 10.7. The molecule has 1 saturated carbocycles. The van der Waals surface area contributed by atoms with Crippen molar-refractivity contribution in [3.8, 4) is 0 Å². The standard InChI is InChI=1S/C12H21N3O2.ClH/c1-15-7-10(4-5-11(15)16)14-12(17)8-2-3-9(13)6-8;/h8-10H,2-7,13H2,1H3,(H,14,17);1H. The van der Waals surface area contributed by atoms with Crippen LogP contribution < -0.4 is 11.1 Å². The predicted octanol–water partition coefficient (Wildman–Crippen LogP) is 0.273. The number of nitrogens with zero attached hydrogens (tertiary/aromatic N) is 1. The number of hydrogen-bond acceptors (Lipinski definition) is 3. The summed E-state index contributed by atoms with van der Waals surface area (Å²) in [5.74, 6) is 0.358. The summed E-state index contributed by atoms with van der Waals surface area (Å²) >= 11 is 0. The Morgan fingerprint density at radius 3 is 2.67 bits per heavy atom. The molecule has 0 spiro atoms. The lowest BCUT2D eigenvalue weighted by Gasteiger charge is -2.30. The van der Waals surface area contributed by atoms with Gasteiger partial charge in [-0.15, -0.1) is 12.4 Å². The van der Waals surface area contributed by atoms with Crippen molar-refractivity contribution in [1.29, 1.82) is 0 Å². The molecule has 5 nitrogen and oxygen atoms in total. The minimum atomic E-state index is 0. The van der Waals surface area contributed by atoms with Crippen LogP contribution in [0.4, 0.5) is 0 Å². The largest absolute Gasteiger partial charge is 0.351 e. The van der Waals surface area contributed by atoms with Gasteiger partial charge in [-0.05, 0) is 25.7 Å². The van der Waals surface area contributed by atoms with Crippen LogP contribution in [-0.2, 0) is 9.59 Å². The molecule has 1 heterocycles. The summed E-state index contributed by atoms with van der Waals surface area (Å²) in [6.07, 6.45) is 3.93. The fourth-order valence-corrected chi connectivity index (χ4v) is 2.70. The third-order valence-electron chi connectivity index (χ3n) is 3.82. The van der Waals surface area contributed by atoms with Gasteiger partial charge < -0.3 is 16.0 Å². The van der Waals surface area contributed by atoms with Crippen molar-refractivity contribution in [1.82, 2.24) is 10.2 Å². The second-order valence-corrected chi connectivity index (χ2v) is 5.29. The lowest BCUT2D eigenvalue weighted by atomic mass is 10.0. The number of hydrogen-bond donors (Lipinski definition) is 2. The molecule has 2 aliphatic rings. The molecule has 6 heteroatoms. The van der Waals surface area contributed by atoms with Gasteiger partial charge in [-0.3, -0.25) is 9.59 Å². The van der Waals surface area contributed by atoms with E-state index in [9.17, 15) is 9.59 Å². The van der Waals surface area contributed by atoms with E-state index in [1.165, 1.54) is 0 Å². The van der Waals surface area contributed by atoms with Gasteiger partial charge in [-0.2, -0.15) is 0 Å². The molecular formula is C12H22ClN3O2. The molecule has 1 aliphatic carbocycles. The first-order chi connectivity index (χ1) is 8.06. The molecule has 18 heavy (non-hydrogen) atoms. The van der Waals surface area contributed by atoms with Gasteiger partial charge in [0.05, 0.1) is 0 Å². The molecule has 3 unspecified atom stereocenters. The number of carbonyl (C=O) groups excluding carboxylic acids is 2. The Bertz CT molecular complexity index is 324. The summed E-state index contributed by atoms with van der Waals surface area (Å²) < 4.78 is 0. The molecule has 104 valence electrons. The van der Waals surface area contributed by atoms with Gasteiger partial charge in [0.2, 0.25) is 11.8 Å². The molecule has 0 bridgehead atoms. The number of amides is 2. The van der Waals surface area contributed by atoms with Gasteiger partial charge in [0.25, 0.3) is 0 Å². The molecule has 3 atom stereocenters. The Labute approximate surface area is 114 Å². The maximum absolute atomic E-state index is 12.0. The predicted molar refractivity (Wildman–Crippen MR) is 71.4 cm³/mol. The molecule has 2 rings (SSSR count). The van der Waals surface area contributed by atoms with E-state index in [2.05, 4.69) is 5.32 Å². The number of likely N-dealkylation sites (N-methyl/N-ethyl adjacent to an activating group) is 1. The summed E-state index contributed by atoms with van der Waals surface area (Å²) in [4.78, 5) is 25.0. The van der Waals surface area contributed by atoms with Gasteiger partial charge in [0, 0.05) is 38.0 Å². The Balaban J connectivity index is 0.00000162. The number of nitrogens with two attached hydrogens (primary N) is 1. The molecule has 1 saturated heterocycles. The number of likely N-dealkylation sites (tertiary alicyclic amines) is 1. The minimum Gasteiger partial charge on any atom is -0.351 e. The van der Waals surface area contributed by atoms with E-state index in [1.807, 2.05) is 0 Å². The first kappa shape index (κ1) is 15.2. The van der Waals surface area contributed by atoms with Crippen LogP contribution in [0.2, 0.25) is 0 Å². The van der Waals surface area contributed by atoms with Gasteiger partial charge in [-0.1, -0.05) is 0 Å². The highest BCUT2D eigenvalue weighted by atomic mass is 35.5. The number of rotatable bonds is 2. The molecule has 1 aliphatic heterocycles. The second-order valence-electron chi connectivity index (χ2n) is 5.29. The molecule has 3 N–H and O–H groups in total. The topological polar surface area (TPSA) is 75.4 Å². The quantitative estimate of drug-likeness (QED) is 0.760. The highest BCUT2D eigenvalue weighted by Gasteiger charge is 2.30. The number of carbonyl (C=O) groups is 2. The molecule has 2 fully saturated rings. The van der Waals surface area contributed by atoms with E-state index in [4.69, 9.17) is 5.73 Å². The molecule has 0 radical (unpaired) electrons. The van der Waals surface area contributed by atoms with Crippen LogP contribution in [0.15, 0.2) is 0 Å². The number of nitrogens with one attached hydrogen (secondary N) is 1.